The Morgan fingerprint density at radius 2 is 2.17 bits per heavy atom. The van der Waals surface area contributed by atoms with Gasteiger partial charge in [0.2, 0.25) is 0 Å². The van der Waals surface area contributed by atoms with Crippen molar-refractivity contribution in [3.8, 4) is 0 Å². The van der Waals surface area contributed by atoms with E-state index >= 15 is 0 Å². The Kier molecular flexibility index (Phi) is 4.96. The largest absolute Gasteiger partial charge is 0.481 e. The number of aliphatic carboxylic acids is 1. The minimum absolute atomic E-state index is 0. The minimum Gasteiger partial charge on any atom is -0.481 e. The molecule has 1 unspecified atom stereocenters. The molecule has 3 rings (SSSR count). The second-order valence-corrected chi connectivity index (χ2v) is 6.47. The second kappa shape index (κ2) is 6.45. The van der Waals surface area contributed by atoms with E-state index in [-0.39, 0.29) is 35.0 Å². The molecule has 1 aromatic carbocycles. The van der Waals surface area contributed by atoms with Crippen molar-refractivity contribution in [1.29, 1.82) is 0 Å². The zero-order valence-corrected chi connectivity index (χ0v) is 13.8. The van der Waals surface area contributed by atoms with Gasteiger partial charge < -0.3 is 5.11 Å². The van der Waals surface area contributed by atoms with Crippen LogP contribution in [-0.2, 0) is 4.79 Å². The van der Waals surface area contributed by atoms with E-state index in [1.807, 2.05) is 6.92 Å². The van der Waals surface area contributed by atoms with Crippen molar-refractivity contribution in [3.05, 3.63) is 39.9 Å². The molecule has 0 aromatic heterocycles. The number of nitro groups is 1. The average molecular weight is 341 g/mol. The van der Waals surface area contributed by atoms with E-state index in [1.54, 1.807) is 18.2 Å². The molecule has 7 heteroatoms. The number of nitrogens with zero attached hydrogens (tertiary/aromatic N) is 2. The molecular formula is C16H21ClN2O4. The van der Waals surface area contributed by atoms with Crippen molar-refractivity contribution in [1.82, 2.24) is 4.90 Å². The fraction of sp³-hybridized carbons (Fsp3) is 0.562. The van der Waals surface area contributed by atoms with Gasteiger partial charge in [0.05, 0.1) is 10.3 Å². The number of carboxylic acid groups (broad SMARTS) is 1. The molecule has 6 nitrogen and oxygen atoms in total. The first-order valence-corrected chi connectivity index (χ1v) is 7.66. The molecule has 1 saturated heterocycles. The molecule has 23 heavy (non-hydrogen) atoms. The van der Waals surface area contributed by atoms with Gasteiger partial charge >= 0.3 is 5.97 Å². The van der Waals surface area contributed by atoms with Crippen LogP contribution in [0, 0.1) is 21.4 Å². The van der Waals surface area contributed by atoms with Crippen LogP contribution in [0.2, 0.25) is 0 Å². The molecular weight excluding hydrogens is 320 g/mol. The Morgan fingerprint density at radius 3 is 2.78 bits per heavy atom. The first-order chi connectivity index (χ1) is 10.5. The lowest BCUT2D eigenvalue weighted by Gasteiger charge is -2.27. The highest BCUT2D eigenvalue weighted by molar-refractivity contribution is 5.85. The van der Waals surface area contributed by atoms with Crippen LogP contribution in [0.3, 0.4) is 0 Å². The molecule has 1 aliphatic carbocycles. The van der Waals surface area contributed by atoms with Crippen molar-refractivity contribution in [2.24, 2.45) is 11.3 Å². The number of carbonyl (C=O) groups is 1. The summed E-state index contributed by atoms with van der Waals surface area (Å²) in [5, 5.41) is 20.9. The Hall–Kier alpha value is -1.66. The predicted molar refractivity (Wildman–Crippen MR) is 87.7 cm³/mol. The molecule has 0 spiro atoms. The van der Waals surface area contributed by atoms with Gasteiger partial charge in [-0.2, -0.15) is 0 Å². The Bertz CT molecular complexity index is 624. The van der Waals surface area contributed by atoms with E-state index in [0.29, 0.717) is 25.1 Å². The zero-order chi connectivity index (χ0) is 15.9. The van der Waals surface area contributed by atoms with Gasteiger partial charge in [-0.05, 0) is 25.7 Å². The van der Waals surface area contributed by atoms with E-state index < -0.39 is 11.4 Å². The lowest BCUT2D eigenvalue weighted by Crippen LogP contribution is -2.36. The summed E-state index contributed by atoms with van der Waals surface area (Å²) in [5.74, 6) is -0.553. The van der Waals surface area contributed by atoms with Gasteiger partial charge in [0, 0.05) is 30.8 Å². The van der Waals surface area contributed by atoms with Crippen molar-refractivity contribution in [3.63, 3.8) is 0 Å². The number of para-hydroxylation sites is 1. The fourth-order valence-corrected chi connectivity index (χ4v) is 4.18. The lowest BCUT2D eigenvalue weighted by atomic mass is 9.81. The summed E-state index contributed by atoms with van der Waals surface area (Å²) in [4.78, 5) is 24.7. The number of rotatable bonds is 4. The standard InChI is InChI=1S/C16H20N2O4.ClH/c1-11(13-6-2-3-7-14(13)18(21)22)17-9-12-5-4-8-16(12,10-17)15(19)20;/h2-3,6-7,11-12H,4-5,8-10H2,1H3,(H,19,20);1H/t11?,12-,16+;/m0./s1. The van der Waals surface area contributed by atoms with E-state index in [0.717, 1.165) is 12.8 Å². The number of halogens is 1. The third-order valence-electron chi connectivity index (χ3n) is 5.45. The Balaban J connectivity index is 0.00000192. The first-order valence-electron chi connectivity index (χ1n) is 7.66. The van der Waals surface area contributed by atoms with Crippen molar-refractivity contribution >= 4 is 24.1 Å². The number of likely N-dealkylation sites (tertiary alicyclic amines) is 1. The van der Waals surface area contributed by atoms with Gasteiger partial charge in [-0.3, -0.25) is 19.8 Å². The average Bonchev–Trinajstić information content (AvgIpc) is 3.04. The molecule has 1 aromatic rings. The summed E-state index contributed by atoms with van der Waals surface area (Å²) < 4.78 is 0. The van der Waals surface area contributed by atoms with Crippen LogP contribution in [0.15, 0.2) is 24.3 Å². The van der Waals surface area contributed by atoms with Gasteiger partial charge in [-0.1, -0.05) is 24.6 Å². The number of hydrogen-bond acceptors (Lipinski definition) is 4. The summed E-state index contributed by atoms with van der Waals surface area (Å²) in [6.07, 6.45) is 2.62. The number of nitro benzene ring substituents is 1. The number of hydrogen-bond donors (Lipinski definition) is 1. The molecule has 2 aliphatic rings. The van der Waals surface area contributed by atoms with Gasteiger partial charge in [0.15, 0.2) is 0 Å². The lowest BCUT2D eigenvalue weighted by molar-refractivity contribution is -0.386. The van der Waals surface area contributed by atoms with Crippen LogP contribution in [0.4, 0.5) is 5.69 Å². The van der Waals surface area contributed by atoms with Crippen LogP contribution < -0.4 is 0 Å². The zero-order valence-electron chi connectivity index (χ0n) is 13.0. The van der Waals surface area contributed by atoms with Crippen molar-refractivity contribution in [2.45, 2.75) is 32.2 Å². The maximum Gasteiger partial charge on any atom is 0.311 e. The normalized spacial score (nSPS) is 28.0. The quantitative estimate of drug-likeness (QED) is 0.671. The summed E-state index contributed by atoms with van der Waals surface area (Å²) in [6.45, 7) is 3.12. The Morgan fingerprint density at radius 1 is 1.48 bits per heavy atom. The highest BCUT2D eigenvalue weighted by atomic mass is 35.5. The Labute approximate surface area is 141 Å². The van der Waals surface area contributed by atoms with E-state index in [4.69, 9.17) is 0 Å². The molecule has 1 saturated carbocycles. The second-order valence-electron chi connectivity index (χ2n) is 6.47. The van der Waals surface area contributed by atoms with E-state index in [1.165, 1.54) is 6.07 Å². The molecule has 0 bridgehead atoms. The summed E-state index contributed by atoms with van der Waals surface area (Å²) in [5.41, 5.74) is 0.113. The molecule has 1 N–H and O–H groups in total. The highest BCUT2D eigenvalue weighted by Gasteiger charge is 2.55. The maximum atomic E-state index is 11.7. The third kappa shape index (κ3) is 2.81. The summed E-state index contributed by atoms with van der Waals surface area (Å²) >= 11 is 0. The molecule has 3 atom stereocenters. The molecule has 126 valence electrons. The third-order valence-corrected chi connectivity index (χ3v) is 5.45. The van der Waals surface area contributed by atoms with E-state index in [2.05, 4.69) is 4.90 Å². The summed E-state index contributed by atoms with van der Waals surface area (Å²) in [7, 11) is 0. The fourth-order valence-electron chi connectivity index (χ4n) is 4.18. The highest BCUT2D eigenvalue weighted by Crippen LogP contribution is 2.51. The van der Waals surface area contributed by atoms with Crippen molar-refractivity contribution in [2.75, 3.05) is 13.1 Å². The van der Waals surface area contributed by atoms with Gasteiger partial charge in [-0.25, -0.2) is 0 Å². The summed E-state index contributed by atoms with van der Waals surface area (Å²) in [6, 6.07) is 6.58. The van der Waals surface area contributed by atoms with Gasteiger partial charge in [0.1, 0.15) is 0 Å². The SMILES string of the molecule is CC(c1ccccc1[N+](=O)[O-])N1C[C@@H]2CCC[C@@]2(C(=O)O)C1.Cl. The van der Waals surface area contributed by atoms with Crippen LogP contribution >= 0.6 is 12.4 Å². The molecule has 1 aliphatic heterocycles. The maximum absolute atomic E-state index is 11.7. The monoisotopic (exact) mass is 340 g/mol. The van der Waals surface area contributed by atoms with E-state index in [9.17, 15) is 20.0 Å². The predicted octanol–water partition coefficient (Wildman–Crippen LogP) is 3.26. The van der Waals surface area contributed by atoms with Crippen LogP contribution in [0.5, 0.6) is 0 Å². The molecule has 2 fully saturated rings. The van der Waals surface area contributed by atoms with Crippen molar-refractivity contribution < 1.29 is 14.8 Å². The van der Waals surface area contributed by atoms with Crippen LogP contribution in [-0.4, -0.2) is 34.0 Å². The molecule has 1 heterocycles. The first kappa shape index (κ1) is 17.7. The van der Waals surface area contributed by atoms with Crippen LogP contribution in [0.1, 0.15) is 37.8 Å². The minimum atomic E-state index is -0.715. The van der Waals surface area contributed by atoms with Gasteiger partial charge in [0.25, 0.3) is 5.69 Å². The molecule has 0 amide bonds. The number of benzene rings is 1. The smallest absolute Gasteiger partial charge is 0.311 e. The number of fused-ring (bicyclic) bond motifs is 1. The van der Waals surface area contributed by atoms with Gasteiger partial charge in [-0.15, -0.1) is 12.4 Å². The topological polar surface area (TPSA) is 83.7 Å². The molecule has 0 radical (unpaired) electrons. The van der Waals surface area contributed by atoms with Crippen LogP contribution in [0.25, 0.3) is 0 Å². The number of carboxylic acids is 1.